The van der Waals surface area contributed by atoms with Gasteiger partial charge >= 0.3 is 0 Å². The van der Waals surface area contributed by atoms with E-state index < -0.39 is 0 Å². The number of ether oxygens (including phenoxy) is 1. The minimum atomic E-state index is -0.0521. The van der Waals surface area contributed by atoms with Crippen LogP contribution in [0.15, 0.2) is 0 Å². The number of methoxy groups -OCH3 is 1. The predicted molar refractivity (Wildman–Crippen MR) is 88.2 cm³/mol. The van der Waals surface area contributed by atoms with Gasteiger partial charge < -0.3 is 10.1 Å². The van der Waals surface area contributed by atoms with Crippen molar-refractivity contribution in [1.29, 1.82) is 0 Å². The lowest BCUT2D eigenvalue weighted by molar-refractivity contribution is 0.0579. The lowest BCUT2D eigenvalue weighted by atomic mass is 10.1. The SMILES string of the molecule is CCNc1nc(C(OC)C(C)C)nc2sc3c(c12)CCC3. The van der Waals surface area contributed by atoms with Crippen molar-refractivity contribution in [3.05, 3.63) is 16.3 Å². The molecule has 1 aliphatic carbocycles. The molecule has 1 aliphatic rings. The van der Waals surface area contributed by atoms with Gasteiger partial charge in [-0.05, 0) is 37.7 Å². The molecule has 0 bridgehead atoms. The van der Waals surface area contributed by atoms with Crippen molar-refractivity contribution < 1.29 is 4.74 Å². The quantitative estimate of drug-likeness (QED) is 0.908. The van der Waals surface area contributed by atoms with E-state index in [1.807, 2.05) is 11.3 Å². The molecule has 21 heavy (non-hydrogen) atoms. The average molecular weight is 305 g/mol. The Hall–Kier alpha value is -1.20. The van der Waals surface area contributed by atoms with Gasteiger partial charge in [-0.25, -0.2) is 9.97 Å². The molecule has 5 heteroatoms. The van der Waals surface area contributed by atoms with Crippen LogP contribution >= 0.6 is 11.3 Å². The maximum atomic E-state index is 5.61. The molecule has 0 spiro atoms. The van der Waals surface area contributed by atoms with Crippen LogP contribution in [0.5, 0.6) is 0 Å². The first-order valence-corrected chi connectivity index (χ1v) is 8.56. The monoisotopic (exact) mass is 305 g/mol. The number of rotatable bonds is 5. The van der Waals surface area contributed by atoms with Gasteiger partial charge in [-0.3, -0.25) is 0 Å². The highest BCUT2D eigenvalue weighted by Gasteiger charge is 2.25. The highest BCUT2D eigenvalue weighted by molar-refractivity contribution is 7.19. The molecule has 0 saturated heterocycles. The minimum Gasteiger partial charge on any atom is -0.373 e. The third-order valence-corrected chi connectivity index (χ3v) is 5.23. The summed E-state index contributed by atoms with van der Waals surface area (Å²) in [6.07, 6.45) is 3.56. The predicted octanol–water partition coefficient (Wildman–Crippen LogP) is 3.96. The highest BCUT2D eigenvalue weighted by Crippen LogP contribution is 2.40. The van der Waals surface area contributed by atoms with E-state index in [-0.39, 0.29) is 6.10 Å². The Kier molecular flexibility index (Phi) is 4.13. The van der Waals surface area contributed by atoms with Crippen molar-refractivity contribution in [2.24, 2.45) is 5.92 Å². The molecule has 0 saturated carbocycles. The van der Waals surface area contributed by atoms with Crippen molar-refractivity contribution in [2.45, 2.75) is 46.1 Å². The second kappa shape index (κ2) is 5.89. The summed E-state index contributed by atoms with van der Waals surface area (Å²) in [7, 11) is 1.74. The van der Waals surface area contributed by atoms with Crippen molar-refractivity contribution >= 4 is 27.4 Å². The van der Waals surface area contributed by atoms with Crippen LogP contribution in [0.2, 0.25) is 0 Å². The zero-order valence-corrected chi connectivity index (χ0v) is 14.0. The first-order chi connectivity index (χ1) is 10.2. The molecule has 114 valence electrons. The molecule has 0 fully saturated rings. The molecule has 0 radical (unpaired) electrons. The molecule has 0 aromatic carbocycles. The summed E-state index contributed by atoms with van der Waals surface area (Å²) < 4.78 is 5.61. The van der Waals surface area contributed by atoms with E-state index in [9.17, 15) is 0 Å². The van der Waals surface area contributed by atoms with Crippen molar-refractivity contribution in [3.63, 3.8) is 0 Å². The molecule has 2 aromatic rings. The Morgan fingerprint density at radius 1 is 1.29 bits per heavy atom. The molecule has 4 nitrogen and oxygen atoms in total. The lowest BCUT2D eigenvalue weighted by Crippen LogP contribution is -2.14. The zero-order valence-electron chi connectivity index (χ0n) is 13.2. The zero-order chi connectivity index (χ0) is 15.0. The van der Waals surface area contributed by atoms with Gasteiger partial charge in [-0.1, -0.05) is 13.8 Å². The second-order valence-corrected chi connectivity index (χ2v) is 6.98. The van der Waals surface area contributed by atoms with Gasteiger partial charge in [-0.15, -0.1) is 11.3 Å². The number of hydrogen-bond donors (Lipinski definition) is 1. The van der Waals surface area contributed by atoms with Crippen LogP contribution < -0.4 is 5.32 Å². The molecule has 0 aliphatic heterocycles. The number of fused-ring (bicyclic) bond motifs is 3. The van der Waals surface area contributed by atoms with Crippen LogP contribution in [0.3, 0.4) is 0 Å². The maximum Gasteiger partial charge on any atom is 0.161 e. The Labute approximate surface area is 129 Å². The second-order valence-electron chi connectivity index (χ2n) is 5.90. The van der Waals surface area contributed by atoms with E-state index in [0.29, 0.717) is 5.92 Å². The van der Waals surface area contributed by atoms with Crippen molar-refractivity contribution in [3.8, 4) is 0 Å². The van der Waals surface area contributed by atoms with Gasteiger partial charge in [0, 0.05) is 18.5 Å². The van der Waals surface area contributed by atoms with E-state index in [1.54, 1.807) is 7.11 Å². The molecule has 3 rings (SSSR count). The number of thiophene rings is 1. The van der Waals surface area contributed by atoms with Crippen molar-refractivity contribution in [2.75, 3.05) is 19.0 Å². The molecule has 0 amide bonds. The van der Waals surface area contributed by atoms with Gasteiger partial charge in [-0.2, -0.15) is 0 Å². The molecule has 1 atom stereocenters. The van der Waals surface area contributed by atoms with E-state index >= 15 is 0 Å². The fourth-order valence-electron chi connectivity index (χ4n) is 3.11. The molecule has 1 unspecified atom stereocenters. The Bertz CT molecular complexity index is 650. The summed E-state index contributed by atoms with van der Waals surface area (Å²) in [6, 6.07) is 0. The number of hydrogen-bond acceptors (Lipinski definition) is 5. The summed E-state index contributed by atoms with van der Waals surface area (Å²) in [5, 5.41) is 4.67. The summed E-state index contributed by atoms with van der Waals surface area (Å²) in [6.45, 7) is 7.26. The van der Waals surface area contributed by atoms with Crippen LogP contribution in [0, 0.1) is 5.92 Å². The van der Waals surface area contributed by atoms with E-state index in [2.05, 4.69) is 26.1 Å². The van der Waals surface area contributed by atoms with Gasteiger partial charge in [0.25, 0.3) is 0 Å². The van der Waals surface area contributed by atoms with Crippen LogP contribution in [0.4, 0.5) is 5.82 Å². The third-order valence-electron chi connectivity index (χ3n) is 4.04. The van der Waals surface area contributed by atoms with E-state index in [1.165, 1.54) is 28.7 Å². The normalized spacial score (nSPS) is 15.7. The fraction of sp³-hybridized carbons (Fsp3) is 0.625. The van der Waals surface area contributed by atoms with Crippen LogP contribution in [0.25, 0.3) is 10.2 Å². The number of nitrogens with zero attached hydrogens (tertiary/aromatic N) is 2. The molecular weight excluding hydrogens is 282 g/mol. The first kappa shape index (κ1) is 14.7. The Balaban J connectivity index is 2.16. The summed E-state index contributed by atoms with van der Waals surface area (Å²) in [5.41, 5.74) is 1.47. The Morgan fingerprint density at radius 3 is 2.76 bits per heavy atom. The van der Waals surface area contributed by atoms with E-state index in [4.69, 9.17) is 14.7 Å². The van der Waals surface area contributed by atoms with Gasteiger partial charge in [0.15, 0.2) is 5.82 Å². The van der Waals surface area contributed by atoms with Crippen molar-refractivity contribution in [1.82, 2.24) is 9.97 Å². The lowest BCUT2D eigenvalue weighted by Gasteiger charge is -2.19. The average Bonchev–Trinajstić information content (AvgIpc) is 2.99. The number of aromatic nitrogens is 2. The molecular formula is C16H23N3OS. The number of anilines is 1. The maximum absolute atomic E-state index is 5.61. The van der Waals surface area contributed by atoms with Crippen LogP contribution in [0.1, 0.15) is 49.6 Å². The Morgan fingerprint density at radius 2 is 2.10 bits per heavy atom. The van der Waals surface area contributed by atoms with Crippen LogP contribution in [-0.4, -0.2) is 23.6 Å². The van der Waals surface area contributed by atoms with Crippen LogP contribution in [-0.2, 0) is 17.6 Å². The highest BCUT2D eigenvalue weighted by atomic mass is 32.1. The minimum absolute atomic E-state index is 0.0521. The third kappa shape index (κ3) is 2.53. The number of aryl methyl sites for hydroxylation is 2. The standard InChI is InChI=1S/C16H23N3OS/c1-5-17-14-12-10-7-6-8-11(10)21-16(12)19-15(18-14)13(20-4)9(2)3/h9,13H,5-8H2,1-4H3,(H,17,18,19). The topological polar surface area (TPSA) is 47.0 Å². The van der Waals surface area contributed by atoms with Gasteiger partial charge in [0.1, 0.15) is 16.8 Å². The molecule has 2 heterocycles. The largest absolute Gasteiger partial charge is 0.373 e. The summed E-state index contributed by atoms with van der Waals surface area (Å²) >= 11 is 1.83. The smallest absolute Gasteiger partial charge is 0.161 e. The van der Waals surface area contributed by atoms with Gasteiger partial charge in [0.2, 0.25) is 0 Å². The molecule has 2 aromatic heterocycles. The molecule has 1 N–H and O–H groups in total. The van der Waals surface area contributed by atoms with Gasteiger partial charge in [0.05, 0.1) is 5.39 Å². The van der Waals surface area contributed by atoms with E-state index in [0.717, 1.165) is 29.4 Å². The first-order valence-electron chi connectivity index (χ1n) is 7.74. The summed E-state index contributed by atoms with van der Waals surface area (Å²) in [4.78, 5) is 12.2. The summed E-state index contributed by atoms with van der Waals surface area (Å²) in [5.74, 6) is 2.14. The fourth-order valence-corrected chi connectivity index (χ4v) is 4.38. The number of nitrogens with one attached hydrogen (secondary N) is 1.